The molecule has 26 heavy (non-hydrogen) atoms. The predicted octanol–water partition coefficient (Wildman–Crippen LogP) is 3.28. The predicted molar refractivity (Wildman–Crippen MR) is 98.9 cm³/mol. The maximum absolute atomic E-state index is 12.9. The number of esters is 1. The highest BCUT2D eigenvalue weighted by atomic mass is 32.2. The third-order valence-corrected chi connectivity index (χ3v) is 6.46. The molecule has 1 atom stereocenters. The Hall–Kier alpha value is -2.18. The van der Waals surface area contributed by atoms with Crippen LogP contribution in [-0.4, -0.2) is 31.3 Å². The molecule has 3 rings (SSSR count). The van der Waals surface area contributed by atoms with Crippen LogP contribution in [0.15, 0.2) is 59.5 Å². The summed E-state index contributed by atoms with van der Waals surface area (Å²) in [6.45, 7) is 2.46. The van der Waals surface area contributed by atoms with E-state index in [9.17, 15) is 13.2 Å². The number of ether oxygens (including phenoxy) is 1. The zero-order valence-electron chi connectivity index (χ0n) is 14.8. The lowest BCUT2D eigenvalue weighted by molar-refractivity contribution is -0.150. The van der Waals surface area contributed by atoms with Crippen LogP contribution < -0.4 is 0 Å². The Balaban J connectivity index is 1.75. The summed E-state index contributed by atoms with van der Waals surface area (Å²) in [5.74, 6) is -0.481. The molecule has 0 bridgehead atoms. The van der Waals surface area contributed by atoms with Crippen LogP contribution in [0, 0.1) is 6.92 Å². The number of rotatable bonds is 5. The van der Waals surface area contributed by atoms with Gasteiger partial charge < -0.3 is 4.74 Å². The number of piperidine rings is 1. The summed E-state index contributed by atoms with van der Waals surface area (Å²) in [6, 6.07) is 15.2. The van der Waals surface area contributed by atoms with E-state index < -0.39 is 22.0 Å². The summed E-state index contributed by atoms with van der Waals surface area (Å²) in [4.78, 5) is 12.8. The summed E-state index contributed by atoms with van der Waals surface area (Å²) in [5, 5.41) is 0. The molecule has 5 nitrogen and oxygen atoms in total. The second-order valence-electron chi connectivity index (χ2n) is 6.54. The Labute approximate surface area is 154 Å². The van der Waals surface area contributed by atoms with Crippen molar-refractivity contribution in [2.24, 2.45) is 0 Å². The number of hydrogen-bond donors (Lipinski definition) is 0. The van der Waals surface area contributed by atoms with Gasteiger partial charge in [0.25, 0.3) is 0 Å². The fraction of sp³-hybridized carbons (Fsp3) is 0.350. The maximum atomic E-state index is 12.9. The van der Waals surface area contributed by atoms with Crippen molar-refractivity contribution in [2.75, 3.05) is 6.54 Å². The average Bonchev–Trinajstić information content (AvgIpc) is 2.67. The molecule has 1 fully saturated rings. The van der Waals surface area contributed by atoms with E-state index in [2.05, 4.69) is 0 Å². The third kappa shape index (κ3) is 4.14. The normalized spacial score (nSPS) is 18.4. The van der Waals surface area contributed by atoms with Crippen molar-refractivity contribution in [2.45, 2.75) is 43.7 Å². The molecule has 1 unspecified atom stereocenters. The highest BCUT2D eigenvalue weighted by molar-refractivity contribution is 7.89. The van der Waals surface area contributed by atoms with Gasteiger partial charge in [-0.2, -0.15) is 4.31 Å². The number of carbonyl (C=O) groups excluding carboxylic acids is 1. The largest absolute Gasteiger partial charge is 0.460 e. The van der Waals surface area contributed by atoms with E-state index in [1.807, 2.05) is 31.2 Å². The smallest absolute Gasteiger partial charge is 0.324 e. The van der Waals surface area contributed by atoms with Crippen LogP contribution in [0.5, 0.6) is 0 Å². The molecule has 0 radical (unpaired) electrons. The monoisotopic (exact) mass is 373 g/mol. The Morgan fingerprint density at radius 2 is 1.88 bits per heavy atom. The van der Waals surface area contributed by atoms with Gasteiger partial charge in [0.15, 0.2) is 0 Å². The zero-order valence-corrected chi connectivity index (χ0v) is 15.6. The van der Waals surface area contributed by atoms with Gasteiger partial charge in [-0.1, -0.05) is 48.0 Å². The van der Waals surface area contributed by atoms with Gasteiger partial charge in [-0.3, -0.25) is 4.79 Å². The summed E-state index contributed by atoms with van der Waals surface area (Å²) in [7, 11) is -3.71. The molecular formula is C20H23NO4S. The van der Waals surface area contributed by atoms with Crippen molar-refractivity contribution >= 4 is 16.0 Å². The van der Waals surface area contributed by atoms with Gasteiger partial charge in [0.05, 0.1) is 4.90 Å². The lowest BCUT2D eigenvalue weighted by Gasteiger charge is -2.33. The highest BCUT2D eigenvalue weighted by Gasteiger charge is 2.38. The van der Waals surface area contributed by atoms with Crippen LogP contribution in [0.4, 0.5) is 0 Å². The number of aryl methyl sites for hydroxylation is 1. The van der Waals surface area contributed by atoms with Gasteiger partial charge >= 0.3 is 5.97 Å². The lowest BCUT2D eigenvalue weighted by Crippen LogP contribution is -2.48. The van der Waals surface area contributed by atoms with Crippen LogP contribution in [0.25, 0.3) is 0 Å². The minimum absolute atomic E-state index is 0.149. The first-order valence-electron chi connectivity index (χ1n) is 8.77. The van der Waals surface area contributed by atoms with Gasteiger partial charge in [0.2, 0.25) is 10.0 Å². The summed E-state index contributed by atoms with van der Waals surface area (Å²) >= 11 is 0. The standard InChI is InChI=1S/C20H23NO4S/c1-16-8-7-9-17(14-16)15-25-20(22)19-12-5-6-13-21(19)26(23,24)18-10-3-2-4-11-18/h2-4,7-11,14,19H,5-6,12-13,15H2,1H3. The fourth-order valence-corrected chi connectivity index (χ4v) is 4.88. The molecule has 1 saturated heterocycles. The quantitative estimate of drug-likeness (QED) is 0.755. The van der Waals surface area contributed by atoms with E-state index in [4.69, 9.17) is 4.74 Å². The van der Waals surface area contributed by atoms with E-state index in [-0.39, 0.29) is 11.5 Å². The third-order valence-electron chi connectivity index (χ3n) is 4.54. The van der Waals surface area contributed by atoms with E-state index >= 15 is 0 Å². The van der Waals surface area contributed by atoms with Crippen LogP contribution >= 0.6 is 0 Å². The molecule has 0 N–H and O–H groups in total. The molecule has 0 saturated carbocycles. The number of carbonyl (C=O) groups is 1. The van der Waals surface area contributed by atoms with Crippen LogP contribution in [0.3, 0.4) is 0 Å². The maximum Gasteiger partial charge on any atom is 0.324 e. The molecule has 1 heterocycles. The van der Waals surface area contributed by atoms with Crippen molar-refractivity contribution < 1.29 is 17.9 Å². The Kier molecular flexibility index (Phi) is 5.74. The molecule has 6 heteroatoms. The first kappa shape index (κ1) is 18.6. The van der Waals surface area contributed by atoms with E-state index in [0.29, 0.717) is 13.0 Å². The molecule has 2 aromatic carbocycles. The van der Waals surface area contributed by atoms with Crippen LogP contribution in [-0.2, 0) is 26.2 Å². The number of benzene rings is 2. The Bertz CT molecular complexity index is 864. The van der Waals surface area contributed by atoms with Crippen molar-refractivity contribution in [3.8, 4) is 0 Å². The topological polar surface area (TPSA) is 63.7 Å². The van der Waals surface area contributed by atoms with E-state index in [1.54, 1.807) is 30.3 Å². The van der Waals surface area contributed by atoms with Gasteiger partial charge in [0.1, 0.15) is 12.6 Å². The van der Waals surface area contributed by atoms with E-state index in [0.717, 1.165) is 24.0 Å². The van der Waals surface area contributed by atoms with Gasteiger partial charge in [-0.15, -0.1) is 0 Å². The van der Waals surface area contributed by atoms with Crippen LogP contribution in [0.2, 0.25) is 0 Å². The molecule has 0 aliphatic carbocycles. The Morgan fingerprint density at radius 1 is 1.12 bits per heavy atom. The van der Waals surface area contributed by atoms with Crippen molar-refractivity contribution in [1.82, 2.24) is 4.31 Å². The zero-order chi connectivity index (χ0) is 18.6. The molecule has 1 aliphatic heterocycles. The minimum atomic E-state index is -3.71. The Morgan fingerprint density at radius 3 is 2.62 bits per heavy atom. The lowest BCUT2D eigenvalue weighted by atomic mass is 10.1. The second-order valence-corrected chi connectivity index (χ2v) is 8.43. The number of sulfonamides is 1. The van der Waals surface area contributed by atoms with Crippen molar-refractivity contribution in [1.29, 1.82) is 0 Å². The summed E-state index contributed by atoms with van der Waals surface area (Å²) in [5.41, 5.74) is 1.98. The fourth-order valence-electron chi connectivity index (χ4n) is 3.21. The summed E-state index contributed by atoms with van der Waals surface area (Å²) in [6.07, 6.45) is 2.04. The molecule has 2 aromatic rings. The first-order valence-corrected chi connectivity index (χ1v) is 10.2. The average molecular weight is 373 g/mol. The van der Waals surface area contributed by atoms with Crippen molar-refractivity contribution in [3.05, 3.63) is 65.7 Å². The SMILES string of the molecule is Cc1cccc(COC(=O)C2CCCCN2S(=O)(=O)c2ccccc2)c1. The second kappa shape index (κ2) is 8.01. The first-order chi connectivity index (χ1) is 12.5. The molecule has 138 valence electrons. The van der Waals surface area contributed by atoms with Gasteiger partial charge in [0, 0.05) is 6.54 Å². The number of hydrogen-bond acceptors (Lipinski definition) is 4. The van der Waals surface area contributed by atoms with Crippen molar-refractivity contribution in [3.63, 3.8) is 0 Å². The van der Waals surface area contributed by atoms with Gasteiger partial charge in [-0.05, 0) is 43.9 Å². The molecular weight excluding hydrogens is 350 g/mol. The van der Waals surface area contributed by atoms with Crippen LogP contribution in [0.1, 0.15) is 30.4 Å². The summed E-state index contributed by atoms with van der Waals surface area (Å²) < 4.78 is 32.6. The highest BCUT2D eigenvalue weighted by Crippen LogP contribution is 2.26. The number of nitrogens with zero attached hydrogens (tertiary/aromatic N) is 1. The molecule has 0 amide bonds. The molecule has 0 aromatic heterocycles. The minimum Gasteiger partial charge on any atom is -0.460 e. The molecule has 0 spiro atoms. The van der Waals surface area contributed by atoms with E-state index in [1.165, 1.54) is 4.31 Å². The van der Waals surface area contributed by atoms with Gasteiger partial charge in [-0.25, -0.2) is 8.42 Å². The molecule has 1 aliphatic rings.